The topological polar surface area (TPSA) is 79.3 Å². The first kappa shape index (κ1) is 23.4. The van der Waals surface area contributed by atoms with Gasteiger partial charge in [0.2, 0.25) is 5.91 Å². The standard InChI is InChI=1S/C22H32FN5O2/c1-8-27(20(30)24-16-12-10-9-11-15(16)23)14-19(29)25-18-13-17(21(2,3)4)26-28(18)22(5,6)7/h9-13H,8,14H2,1-7H3,(H,24,30)(H,25,29). The maximum absolute atomic E-state index is 13.8. The predicted molar refractivity (Wildman–Crippen MR) is 117 cm³/mol. The fourth-order valence-electron chi connectivity index (χ4n) is 2.79. The zero-order chi connectivity index (χ0) is 22.7. The Hall–Kier alpha value is -2.90. The molecule has 0 bridgehead atoms. The van der Waals surface area contributed by atoms with Crippen molar-refractivity contribution < 1.29 is 14.0 Å². The fourth-order valence-corrected chi connectivity index (χ4v) is 2.79. The molecule has 7 nitrogen and oxygen atoms in total. The smallest absolute Gasteiger partial charge is 0.315 e. The lowest BCUT2D eigenvalue weighted by Crippen LogP contribution is -2.41. The zero-order valence-corrected chi connectivity index (χ0v) is 18.8. The summed E-state index contributed by atoms with van der Waals surface area (Å²) in [5.74, 6) is -0.315. The van der Waals surface area contributed by atoms with Crippen molar-refractivity contribution in [2.75, 3.05) is 23.7 Å². The summed E-state index contributed by atoms with van der Waals surface area (Å²) in [5.41, 5.74) is 0.420. The lowest BCUT2D eigenvalue weighted by Gasteiger charge is -2.24. The largest absolute Gasteiger partial charge is 0.322 e. The van der Waals surface area contributed by atoms with Crippen molar-refractivity contribution in [3.8, 4) is 0 Å². The first-order valence-electron chi connectivity index (χ1n) is 10.0. The molecule has 3 amide bonds. The monoisotopic (exact) mass is 417 g/mol. The van der Waals surface area contributed by atoms with Crippen molar-refractivity contribution >= 4 is 23.4 Å². The van der Waals surface area contributed by atoms with Gasteiger partial charge in [-0.15, -0.1) is 0 Å². The van der Waals surface area contributed by atoms with Crippen LogP contribution < -0.4 is 10.6 Å². The molecule has 1 aromatic heterocycles. The number of likely N-dealkylation sites (N-methyl/N-ethyl adjacent to an activating group) is 1. The number of nitrogens with one attached hydrogen (secondary N) is 2. The van der Waals surface area contributed by atoms with Crippen molar-refractivity contribution in [3.63, 3.8) is 0 Å². The Morgan fingerprint density at radius 2 is 1.73 bits per heavy atom. The van der Waals surface area contributed by atoms with E-state index in [-0.39, 0.29) is 29.1 Å². The minimum absolute atomic E-state index is 0.0713. The van der Waals surface area contributed by atoms with Crippen LogP contribution in [0, 0.1) is 5.82 Å². The molecule has 1 aromatic carbocycles. The van der Waals surface area contributed by atoms with Crippen LogP contribution in [0.1, 0.15) is 54.2 Å². The number of rotatable bonds is 5. The molecule has 2 rings (SSSR count). The summed E-state index contributed by atoms with van der Waals surface area (Å²) in [7, 11) is 0. The van der Waals surface area contributed by atoms with E-state index in [4.69, 9.17) is 0 Å². The number of nitrogens with zero attached hydrogens (tertiary/aromatic N) is 3. The molecule has 1 heterocycles. The number of hydrogen-bond acceptors (Lipinski definition) is 3. The lowest BCUT2D eigenvalue weighted by atomic mass is 9.92. The Morgan fingerprint density at radius 1 is 1.10 bits per heavy atom. The second-order valence-electron chi connectivity index (χ2n) is 9.22. The van der Waals surface area contributed by atoms with Crippen LogP contribution in [-0.4, -0.2) is 39.7 Å². The second-order valence-corrected chi connectivity index (χ2v) is 9.22. The van der Waals surface area contributed by atoms with Gasteiger partial charge in [0.1, 0.15) is 18.2 Å². The summed E-state index contributed by atoms with van der Waals surface area (Å²) >= 11 is 0. The molecule has 0 atom stereocenters. The minimum atomic E-state index is -0.544. The van der Waals surface area contributed by atoms with Crippen molar-refractivity contribution in [1.29, 1.82) is 0 Å². The third kappa shape index (κ3) is 5.81. The summed E-state index contributed by atoms with van der Waals surface area (Å²) in [6, 6.07) is 7.22. The molecule has 0 aliphatic heterocycles. The van der Waals surface area contributed by atoms with E-state index >= 15 is 0 Å². The quantitative estimate of drug-likeness (QED) is 0.748. The highest BCUT2D eigenvalue weighted by atomic mass is 19.1. The highest BCUT2D eigenvalue weighted by molar-refractivity contribution is 5.96. The number of anilines is 2. The van der Waals surface area contributed by atoms with Crippen molar-refractivity contribution in [1.82, 2.24) is 14.7 Å². The number of carbonyl (C=O) groups is 2. The van der Waals surface area contributed by atoms with Crippen LogP contribution in [0.3, 0.4) is 0 Å². The summed E-state index contributed by atoms with van der Waals surface area (Å²) in [5, 5.41) is 10.0. The summed E-state index contributed by atoms with van der Waals surface area (Å²) in [6.45, 7) is 14.0. The van der Waals surface area contributed by atoms with E-state index in [1.807, 2.05) is 26.8 Å². The predicted octanol–water partition coefficient (Wildman–Crippen LogP) is 4.57. The molecular formula is C22H32FN5O2. The molecule has 8 heteroatoms. The molecule has 0 spiro atoms. The van der Waals surface area contributed by atoms with E-state index in [1.165, 1.54) is 17.0 Å². The molecule has 0 radical (unpaired) electrons. The Bertz CT molecular complexity index is 909. The molecule has 164 valence electrons. The van der Waals surface area contributed by atoms with Crippen molar-refractivity contribution in [3.05, 3.63) is 41.8 Å². The molecule has 0 fully saturated rings. The number of para-hydroxylation sites is 1. The van der Waals surface area contributed by atoms with Crippen LogP contribution in [-0.2, 0) is 15.7 Å². The van der Waals surface area contributed by atoms with Gasteiger partial charge >= 0.3 is 6.03 Å². The highest BCUT2D eigenvalue weighted by Crippen LogP contribution is 2.28. The van der Waals surface area contributed by atoms with Crippen molar-refractivity contribution in [2.45, 2.75) is 59.4 Å². The average Bonchev–Trinajstić information content (AvgIpc) is 3.06. The van der Waals surface area contributed by atoms with Crippen LogP contribution in [0.15, 0.2) is 30.3 Å². The molecule has 30 heavy (non-hydrogen) atoms. The Labute approximate surface area is 177 Å². The van der Waals surface area contributed by atoms with Gasteiger partial charge < -0.3 is 15.5 Å². The molecular weight excluding hydrogens is 385 g/mol. The summed E-state index contributed by atoms with van der Waals surface area (Å²) < 4.78 is 15.6. The Balaban J connectivity index is 2.14. The minimum Gasteiger partial charge on any atom is -0.315 e. The van der Waals surface area contributed by atoms with Gasteiger partial charge in [0.05, 0.1) is 16.9 Å². The lowest BCUT2D eigenvalue weighted by molar-refractivity contribution is -0.116. The third-order valence-corrected chi connectivity index (χ3v) is 4.50. The van der Waals surface area contributed by atoms with Gasteiger partial charge in [-0.1, -0.05) is 32.9 Å². The van der Waals surface area contributed by atoms with E-state index in [0.29, 0.717) is 12.4 Å². The molecule has 0 aliphatic carbocycles. The van der Waals surface area contributed by atoms with Gasteiger partial charge in [-0.25, -0.2) is 13.9 Å². The van der Waals surface area contributed by atoms with Crippen LogP contribution in [0.2, 0.25) is 0 Å². The number of hydrogen-bond donors (Lipinski definition) is 2. The Morgan fingerprint density at radius 3 is 2.27 bits per heavy atom. The number of halogens is 1. The number of amides is 3. The van der Waals surface area contributed by atoms with Crippen molar-refractivity contribution in [2.24, 2.45) is 0 Å². The molecule has 0 saturated heterocycles. The van der Waals surface area contributed by atoms with Gasteiger partial charge in [0.15, 0.2) is 0 Å². The third-order valence-electron chi connectivity index (χ3n) is 4.50. The fraction of sp³-hybridized carbons (Fsp3) is 0.500. The first-order valence-corrected chi connectivity index (χ1v) is 10.0. The van der Waals surface area contributed by atoms with Gasteiger partial charge in [-0.05, 0) is 39.8 Å². The molecule has 2 aromatic rings. The normalized spacial score (nSPS) is 11.9. The maximum atomic E-state index is 13.8. The Kier molecular flexibility index (Phi) is 6.90. The average molecular weight is 418 g/mol. The van der Waals surface area contributed by atoms with E-state index < -0.39 is 11.8 Å². The van der Waals surface area contributed by atoms with Gasteiger partial charge in [0.25, 0.3) is 0 Å². The second kappa shape index (κ2) is 8.85. The number of aromatic nitrogens is 2. The number of benzene rings is 1. The molecule has 0 aliphatic rings. The van der Waals surface area contributed by atoms with Gasteiger partial charge in [-0.3, -0.25) is 4.79 Å². The van der Waals surface area contributed by atoms with Gasteiger partial charge in [0, 0.05) is 18.0 Å². The zero-order valence-electron chi connectivity index (χ0n) is 18.8. The molecule has 2 N–H and O–H groups in total. The van der Waals surface area contributed by atoms with Crippen LogP contribution in [0.4, 0.5) is 20.7 Å². The highest BCUT2D eigenvalue weighted by Gasteiger charge is 2.26. The van der Waals surface area contributed by atoms with Crippen LogP contribution >= 0.6 is 0 Å². The van der Waals surface area contributed by atoms with E-state index in [1.54, 1.807) is 23.7 Å². The summed E-state index contributed by atoms with van der Waals surface area (Å²) in [4.78, 5) is 26.5. The maximum Gasteiger partial charge on any atom is 0.322 e. The van der Waals surface area contributed by atoms with Crippen LogP contribution in [0.25, 0.3) is 0 Å². The van der Waals surface area contributed by atoms with E-state index in [9.17, 15) is 14.0 Å². The van der Waals surface area contributed by atoms with E-state index in [2.05, 4.69) is 36.5 Å². The summed E-state index contributed by atoms with van der Waals surface area (Å²) in [6.07, 6.45) is 0. The number of urea groups is 1. The first-order chi connectivity index (χ1) is 13.8. The van der Waals surface area contributed by atoms with Gasteiger partial charge in [-0.2, -0.15) is 5.10 Å². The molecule has 0 unspecified atom stereocenters. The SMILES string of the molecule is CCN(CC(=O)Nc1cc(C(C)(C)C)nn1C(C)(C)C)C(=O)Nc1ccccc1F. The molecule has 0 saturated carbocycles. The van der Waals surface area contributed by atoms with E-state index in [0.717, 1.165) is 5.69 Å². The van der Waals surface area contributed by atoms with Crippen LogP contribution in [0.5, 0.6) is 0 Å². The number of carbonyl (C=O) groups excluding carboxylic acids is 2.